The van der Waals surface area contributed by atoms with Crippen molar-refractivity contribution in [2.75, 3.05) is 18.0 Å². The van der Waals surface area contributed by atoms with Gasteiger partial charge < -0.3 is 4.90 Å². The molecule has 0 saturated heterocycles. The molecule has 0 unspecified atom stereocenters. The molecule has 96 valence electrons. The summed E-state index contributed by atoms with van der Waals surface area (Å²) >= 11 is 0. The summed E-state index contributed by atoms with van der Waals surface area (Å²) in [5, 5.41) is 8.47. The van der Waals surface area contributed by atoms with Gasteiger partial charge in [-0.2, -0.15) is 5.10 Å². The van der Waals surface area contributed by atoms with Crippen LogP contribution in [0.1, 0.15) is 26.7 Å². The molecule has 0 saturated carbocycles. The molecule has 0 atom stereocenters. The molecule has 0 aliphatic heterocycles. The lowest BCUT2D eigenvalue weighted by atomic mass is 10.1. The van der Waals surface area contributed by atoms with Gasteiger partial charge in [0.05, 0.1) is 5.39 Å². The third kappa shape index (κ3) is 2.37. The summed E-state index contributed by atoms with van der Waals surface area (Å²) < 4.78 is 0. The first-order valence-corrected chi connectivity index (χ1v) is 6.50. The highest BCUT2D eigenvalue weighted by Crippen LogP contribution is 2.21. The van der Waals surface area contributed by atoms with Gasteiger partial charge in [-0.05, 0) is 18.9 Å². The molecule has 0 spiro atoms. The van der Waals surface area contributed by atoms with E-state index in [1.807, 2.05) is 24.3 Å². The molecule has 0 aliphatic carbocycles. The zero-order chi connectivity index (χ0) is 13.0. The molecule has 0 amide bonds. The van der Waals surface area contributed by atoms with Gasteiger partial charge in [-0.1, -0.05) is 32.0 Å². The Morgan fingerprint density at radius 1 is 1.11 bits per heavy atom. The molecule has 0 aliphatic rings. The van der Waals surface area contributed by atoms with Crippen molar-refractivity contribution < 1.29 is 0 Å². The summed E-state index contributed by atoms with van der Waals surface area (Å²) in [6.07, 6.45) is 2.13. The van der Waals surface area contributed by atoms with Gasteiger partial charge in [0.15, 0.2) is 5.82 Å². The van der Waals surface area contributed by atoms with Crippen molar-refractivity contribution in [3.63, 3.8) is 0 Å². The zero-order valence-corrected chi connectivity index (χ0v) is 10.9. The highest BCUT2D eigenvalue weighted by molar-refractivity contribution is 5.91. The highest BCUT2D eigenvalue weighted by atomic mass is 16.1. The molecule has 1 aromatic carbocycles. The number of aromatic amines is 1. The molecule has 2 rings (SSSR count). The maximum absolute atomic E-state index is 11.7. The van der Waals surface area contributed by atoms with Crippen LogP contribution in [0.15, 0.2) is 29.1 Å². The fourth-order valence-electron chi connectivity index (χ4n) is 2.20. The molecular weight excluding hydrogens is 226 g/mol. The Morgan fingerprint density at radius 2 is 1.72 bits per heavy atom. The Morgan fingerprint density at radius 3 is 2.33 bits per heavy atom. The van der Waals surface area contributed by atoms with E-state index in [1.165, 1.54) is 0 Å². The van der Waals surface area contributed by atoms with Gasteiger partial charge in [0.1, 0.15) is 0 Å². The van der Waals surface area contributed by atoms with Gasteiger partial charge >= 0.3 is 0 Å². The van der Waals surface area contributed by atoms with E-state index in [0.717, 1.165) is 37.1 Å². The average Bonchev–Trinajstić information content (AvgIpc) is 2.39. The van der Waals surface area contributed by atoms with E-state index in [0.29, 0.717) is 5.39 Å². The third-order valence-corrected chi connectivity index (χ3v) is 2.96. The van der Waals surface area contributed by atoms with Crippen LogP contribution in [-0.4, -0.2) is 23.3 Å². The number of anilines is 1. The van der Waals surface area contributed by atoms with Crippen LogP contribution in [0.4, 0.5) is 5.82 Å². The van der Waals surface area contributed by atoms with Crippen molar-refractivity contribution in [1.29, 1.82) is 0 Å². The quantitative estimate of drug-likeness (QED) is 0.880. The smallest absolute Gasteiger partial charge is 0.272 e. The number of rotatable bonds is 5. The van der Waals surface area contributed by atoms with E-state index in [9.17, 15) is 4.79 Å². The van der Waals surface area contributed by atoms with Crippen molar-refractivity contribution in [3.05, 3.63) is 34.6 Å². The zero-order valence-electron chi connectivity index (χ0n) is 10.9. The van der Waals surface area contributed by atoms with E-state index in [2.05, 4.69) is 28.9 Å². The predicted molar refractivity (Wildman–Crippen MR) is 75.2 cm³/mol. The molecule has 4 nitrogen and oxygen atoms in total. The Kier molecular flexibility index (Phi) is 3.97. The molecule has 0 fully saturated rings. The third-order valence-electron chi connectivity index (χ3n) is 2.96. The van der Waals surface area contributed by atoms with E-state index in [-0.39, 0.29) is 5.56 Å². The predicted octanol–water partition coefficient (Wildman–Crippen LogP) is 2.55. The summed E-state index contributed by atoms with van der Waals surface area (Å²) in [4.78, 5) is 14.0. The number of nitrogens with zero attached hydrogens (tertiary/aromatic N) is 2. The van der Waals surface area contributed by atoms with Crippen molar-refractivity contribution in [2.24, 2.45) is 0 Å². The number of aromatic nitrogens is 2. The molecule has 0 bridgehead atoms. The number of nitrogens with one attached hydrogen (secondary N) is 1. The largest absolute Gasteiger partial charge is 0.355 e. The van der Waals surface area contributed by atoms with Crippen LogP contribution in [0, 0.1) is 0 Å². The van der Waals surface area contributed by atoms with Crippen LogP contribution >= 0.6 is 0 Å². The highest BCUT2D eigenvalue weighted by Gasteiger charge is 2.11. The molecule has 1 heterocycles. The molecule has 0 radical (unpaired) electrons. The Labute approximate surface area is 107 Å². The SMILES string of the molecule is CCCN(CCC)c1n[nH]c(=O)c2ccccc12. The first-order chi connectivity index (χ1) is 8.77. The van der Waals surface area contributed by atoms with Gasteiger partial charge in [-0.3, -0.25) is 4.79 Å². The Bertz CT molecular complexity index is 571. The summed E-state index contributed by atoms with van der Waals surface area (Å²) in [5.41, 5.74) is -0.123. The topological polar surface area (TPSA) is 49.0 Å². The second-order valence-corrected chi connectivity index (χ2v) is 4.41. The lowest BCUT2D eigenvalue weighted by Gasteiger charge is -2.23. The lowest BCUT2D eigenvalue weighted by Crippen LogP contribution is -2.27. The number of fused-ring (bicyclic) bond motifs is 1. The number of benzene rings is 1. The summed E-state index contributed by atoms with van der Waals surface area (Å²) in [7, 11) is 0. The van der Waals surface area contributed by atoms with Crippen molar-refractivity contribution in [3.8, 4) is 0 Å². The van der Waals surface area contributed by atoms with Crippen molar-refractivity contribution in [1.82, 2.24) is 10.2 Å². The van der Waals surface area contributed by atoms with Gasteiger partial charge in [0.25, 0.3) is 5.56 Å². The van der Waals surface area contributed by atoms with Gasteiger partial charge in [-0.15, -0.1) is 0 Å². The minimum Gasteiger partial charge on any atom is -0.355 e. The Balaban J connectivity index is 2.55. The lowest BCUT2D eigenvalue weighted by molar-refractivity contribution is 0.728. The molecule has 4 heteroatoms. The van der Waals surface area contributed by atoms with Crippen molar-refractivity contribution in [2.45, 2.75) is 26.7 Å². The van der Waals surface area contributed by atoms with Gasteiger partial charge in [0, 0.05) is 18.5 Å². The minimum absolute atomic E-state index is 0.123. The molecule has 2 aromatic rings. The number of hydrogen-bond acceptors (Lipinski definition) is 3. The molecule has 18 heavy (non-hydrogen) atoms. The van der Waals surface area contributed by atoms with E-state index in [1.54, 1.807) is 0 Å². The monoisotopic (exact) mass is 245 g/mol. The van der Waals surface area contributed by atoms with Crippen molar-refractivity contribution >= 4 is 16.6 Å². The molecular formula is C14H19N3O. The molecule has 1 aromatic heterocycles. The van der Waals surface area contributed by atoms with Gasteiger partial charge in [0.2, 0.25) is 0 Å². The summed E-state index contributed by atoms with van der Waals surface area (Å²) in [6.45, 7) is 6.21. The summed E-state index contributed by atoms with van der Waals surface area (Å²) in [6, 6.07) is 7.63. The van der Waals surface area contributed by atoms with Crippen LogP contribution in [0.2, 0.25) is 0 Å². The number of H-pyrrole nitrogens is 1. The second-order valence-electron chi connectivity index (χ2n) is 4.41. The first kappa shape index (κ1) is 12.6. The maximum atomic E-state index is 11.7. The van der Waals surface area contributed by atoms with Crippen LogP contribution < -0.4 is 10.5 Å². The molecule has 1 N–H and O–H groups in total. The van der Waals surface area contributed by atoms with E-state index in [4.69, 9.17) is 0 Å². The average molecular weight is 245 g/mol. The second kappa shape index (κ2) is 5.67. The van der Waals surface area contributed by atoms with Crippen LogP contribution in [0.3, 0.4) is 0 Å². The van der Waals surface area contributed by atoms with Gasteiger partial charge in [-0.25, -0.2) is 5.10 Å². The van der Waals surface area contributed by atoms with Crippen LogP contribution in [0.5, 0.6) is 0 Å². The number of hydrogen-bond donors (Lipinski definition) is 1. The normalized spacial score (nSPS) is 10.8. The maximum Gasteiger partial charge on any atom is 0.272 e. The van der Waals surface area contributed by atoms with Crippen LogP contribution in [0.25, 0.3) is 10.8 Å². The standard InChI is InChI=1S/C14H19N3O/c1-3-9-17(10-4-2)13-11-7-5-6-8-12(11)14(18)16-15-13/h5-8H,3-4,9-10H2,1-2H3,(H,16,18). The Hall–Kier alpha value is -1.84. The summed E-state index contributed by atoms with van der Waals surface area (Å²) in [5.74, 6) is 0.883. The fraction of sp³-hybridized carbons (Fsp3) is 0.429. The minimum atomic E-state index is -0.123. The van der Waals surface area contributed by atoms with E-state index < -0.39 is 0 Å². The fourth-order valence-corrected chi connectivity index (χ4v) is 2.20. The van der Waals surface area contributed by atoms with E-state index >= 15 is 0 Å². The van der Waals surface area contributed by atoms with Crippen LogP contribution in [-0.2, 0) is 0 Å². The first-order valence-electron chi connectivity index (χ1n) is 6.50.